The van der Waals surface area contributed by atoms with Crippen LogP contribution in [0.5, 0.6) is 0 Å². The minimum absolute atomic E-state index is 0.457. The van der Waals surface area contributed by atoms with Gasteiger partial charge in [-0.15, -0.1) is 0 Å². The normalized spacial score (nSPS) is 14.9. The van der Waals surface area contributed by atoms with E-state index in [4.69, 9.17) is 17.5 Å². The lowest BCUT2D eigenvalue weighted by Gasteiger charge is -2.00. The predicted octanol–water partition coefficient (Wildman–Crippen LogP) is 1.07. The number of alkyl halides is 3. The molecule has 0 rings (SSSR count). The van der Waals surface area contributed by atoms with Crippen LogP contribution in [0.4, 0.5) is 13.2 Å². The number of hydrogen-bond donors (Lipinski definition) is 2. The maximum Gasteiger partial charge on any atom is 0.522 e. The third-order valence-corrected chi connectivity index (χ3v) is 3.31. The molecule has 16 heavy (non-hydrogen) atoms. The fourth-order valence-electron chi connectivity index (χ4n) is 0.211. The van der Waals surface area contributed by atoms with Gasteiger partial charge in [0.2, 0.25) is 0 Å². The fraction of sp³-hybridized carbons (Fsp3) is 1.00. The summed E-state index contributed by atoms with van der Waals surface area (Å²) in [5, 5.41) is -0.623. The number of halogens is 3. The van der Waals surface area contributed by atoms with E-state index in [-0.39, 0.29) is 0 Å². The van der Waals surface area contributed by atoms with Gasteiger partial charge in [0.15, 0.2) is 0 Å². The molecular formula is C5H11F3O6S2. The van der Waals surface area contributed by atoms with E-state index in [0.29, 0.717) is 6.42 Å². The van der Waals surface area contributed by atoms with E-state index in [1.807, 2.05) is 0 Å². The molecule has 0 bridgehead atoms. The third kappa shape index (κ3) is 7.84. The van der Waals surface area contributed by atoms with E-state index in [0.717, 1.165) is 0 Å². The van der Waals surface area contributed by atoms with Gasteiger partial charge in [-0.05, 0) is 13.3 Å². The lowest BCUT2D eigenvalue weighted by atomic mass is 10.4. The zero-order chi connectivity index (χ0) is 13.8. The van der Waals surface area contributed by atoms with Crippen molar-refractivity contribution in [2.24, 2.45) is 0 Å². The summed E-state index contributed by atoms with van der Waals surface area (Å²) in [6, 6.07) is 0. The second-order valence-corrected chi connectivity index (χ2v) is 5.90. The molecule has 0 aromatic rings. The van der Waals surface area contributed by atoms with Crippen molar-refractivity contribution in [3.8, 4) is 0 Å². The SMILES string of the molecule is CCC(C)S(=O)(=O)O.O=S(=O)(O)C(F)(F)F. The van der Waals surface area contributed by atoms with Gasteiger partial charge in [0.25, 0.3) is 10.1 Å². The van der Waals surface area contributed by atoms with Crippen LogP contribution < -0.4 is 0 Å². The van der Waals surface area contributed by atoms with Gasteiger partial charge in [-0.2, -0.15) is 30.0 Å². The Balaban J connectivity index is 0. The molecule has 0 heterocycles. The molecule has 6 nitrogen and oxygen atoms in total. The summed E-state index contributed by atoms with van der Waals surface area (Å²) in [7, 11) is -9.59. The zero-order valence-electron chi connectivity index (χ0n) is 8.26. The zero-order valence-corrected chi connectivity index (χ0v) is 9.90. The Morgan fingerprint density at radius 3 is 1.38 bits per heavy atom. The maximum absolute atomic E-state index is 10.7. The Hall–Kier alpha value is -0.390. The van der Waals surface area contributed by atoms with Crippen molar-refractivity contribution in [2.45, 2.75) is 31.0 Å². The molecule has 0 fully saturated rings. The van der Waals surface area contributed by atoms with Crippen molar-refractivity contribution in [3.63, 3.8) is 0 Å². The average molecular weight is 288 g/mol. The monoisotopic (exact) mass is 288 g/mol. The summed E-state index contributed by atoms with van der Waals surface area (Å²) in [5.41, 5.74) is -5.53. The van der Waals surface area contributed by atoms with Gasteiger partial charge >= 0.3 is 15.6 Å². The van der Waals surface area contributed by atoms with Crippen LogP contribution in [0.1, 0.15) is 20.3 Å². The average Bonchev–Trinajstić information content (AvgIpc) is 1.98. The van der Waals surface area contributed by atoms with Gasteiger partial charge in [-0.3, -0.25) is 9.11 Å². The lowest BCUT2D eigenvalue weighted by molar-refractivity contribution is -0.0510. The highest BCUT2D eigenvalue weighted by Gasteiger charge is 2.44. The van der Waals surface area contributed by atoms with E-state index in [1.165, 1.54) is 6.92 Å². The molecule has 0 radical (unpaired) electrons. The van der Waals surface area contributed by atoms with Crippen LogP contribution in [-0.4, -0.2) is 36.7 Å². The first-order valence-electron chi connectivity index (χ1n) is 3.73. The second-order valence-electron chi connectivity index (χ2n) is 2.65. The molecule has 1 atom stereocenters. The fourth-order valence-corrected chi connectivity index (χ4v) is 0.632. The highest BCUT2D eigenvalue weighted by molar-refractivity contribution is 7.86. The Morgan fingerprint density at radius 1 is 1.12 bits per heavy atom. The van der Waals surface area contributed by atoms with Crippen molar-refractivity contribution in [3.05, 3.63) is 0 Å². The molecule has 0 aromatic heterocycles. The molecule has 0 saturated heterocycles. The lowest BCUT2D eigenvalue weighted by Crippen LogP contribution is -2.21. The van der Waals surface area contributed by atoms with Gasteiger partial charge in [0.05, 0.1) is 5.25 Å². The summed E-state index contributed by atoms with van der Waals surface area (Å²) in [6.07, 6.45) is 0.457. The van der Waals surface area contributed by atoms with Crippen LogP contribution >= 0.6 is 0 Å². The molecule has 100 valence electrons. The van der Waals surface area contributed by atoms with Crippen LogP contribution in [0.2, 0.25) is 0 Å². The Kier molecular flexibility index (Phi) is 6.52. The van der Waals surface area contributed by atoms with Crippen molar-refractivity contribution >= 4 is 20.2 Å². The molecule has 2 N–H and O–H groups in total. The van der Waals surface area contributed by atoms with Crippen LogP contribution in [0, 0.1) is 0 Å². The van der Waals surface area contributed by atoms with Crippen LogP contribution in [0.15, 0.2) is 0 Å². The predicted molar refractivity (Wildman–Crippen MR) is 48.9 cm³/mol. The summed E-state index contributed by atoms with van der Waals surface area (Å²) in [6.45, 7) is 3.17. The first-order chi connectivity index (χ1) is 6.73. The van der Waals surface area contributed by atoms with Gasteiger partial charge in [-0.1, -0.05) is 6.92 Å². The molecule has 11 heteroatoms. The van der Waals surface area contributed by atoms with Crippen molar-refractivity contribution in [1.82, 2.24) is 0 Å². The van der Waals surface area contributed by atoms with Crippen molar-refractivity contribution < 1.29 is 39.1 Å². The maximum atomic E-state index is 10.7. The topological polar surface area (TPSA) is 109 Å². The van der Waals surface area contributed by atoms with E-state index >= 15 is 0 Å². The molecule has 0 spiro atoms. The van der Waals surface area contributed by atoms with Crippen molar-refractivity contribution in [1.29, 1.82) is 0 Å². The largest absolute Gasteiger partial charge is 0.522 e. The first kappa shape index (κ1) is 18.0. The smallest absolute Gasteiger partial charge is 0.285 e. The molecule has 0 aromatic carbocycles. The summed E-state index contributed by atoms with van der Waals surface area (Å²) < 4.78 is 86.0. The summed E-state index contributed by atoms with van der Waals surface area (Å²) >= 11 is 0. The Labute approximate surface area is 91.0 Å². The van der Waals surface area contributed by atoms with Gasteiger partial charge in [0, 0.05) is 0 Å². The van der Waals surface area contributed by atoms with Gasteiger partial charge in [0.1, 0.15) is 0 Å². The van der Waals surface area contributed by atoms with Gasteiger partial charge < -0.3 is 0 Å². The highest BCUT2D eigenvalue weighted by atomic mass is 32.2. The van der Waals surface area contributed by atoms with E-state index in [1.54, 1.807) is 6.92 Å². The van der Waals surface area contributed by atoms with Crippen LogP contribution in [0.3, 0.4) is 0 Å². The standard InChI is InChI=1S/C4H10O3S.CHF3O3S/c1-3-4(2)8(5,6)7;2-1(3,4)8(5,6)7/h4H,3H2,1-2H3,(H,5,6,7);(H,5,6,7). The first-order valence-corrected chi connectivity index (χ1v) is 6.67. The van der Waals surface area contributed by atoms with Crippen LogP contribution in [-0.2, 0) is 20.2 Å². The molecule has 0 aliphatic carbocycles. The minimum atomic E-state index is -5.84. The Morgan fingerprint density at radius 2 is 1.38 bits per heavy atom. The van der Waals surface area contributed by atoms with E-state index in [9.17, 15) is 21.6 Å². The number of hydrogen-bond acceptors (Lipinski definition) is 4. The van der Waals surface area contributed by atoms with Crippen molar-refractivity contribution in [2.75, 3.05) is 0 Å². The molecule has 0 aliphatic heterocycles. The van der Waals surface area contributed by atoms with E-state index in [2.05, 4.69) is 0 Å². The van der Waals surface area contributed by atoms with Gasteiger partial charge in [-0.25, -0.2) is 0 Å². The van der Waals surface area contributed by atoms with Crippen LogP contribution in [0.25, 0.3) is 0 Å². The summed E-state index contributed by atoms with van der Waals surface area (Å²) in [5.74, 6) is 0. The summed E-state index contributed by atoms with van der Waals surface area (Å²) in [4.78, 5) is 0. The molecular weight excluding hydrogens is 277 g/mol. The number of rotatable bonds is 2. The Bertz CT molecular complexity index is 394. The minimum Gasteiger partial charge on any atom is -0.285 e. The third-order valence-electron chi connectivity index (χ3n) is 1.38. The molecule has 1 unspecified atom stereocenters. The highest BCUT2D eigenvalue weighted by Crippen LogP contribution is 2.20. The molecule has 0 aliphatic rings. The molecule has 0 saturated carbocycles. The molecule has 0 amide bonds. The van der Waals surface area contributed by atoms with E-state index < -0.39 is 31.0 Å². The second kappa shape index (κ2) is 5.80. The quantitative estimate of drug-likeness (QED) is 0.581.